The molecule has 0 unspecified atom stereocenters. The van der Waals surface area contributed by atoms with Crippen LogP contribution in [0.5, 0.6) is 5.88 Å². The molecule has 1 atom stereocenters. The van der Waals surface area contributed by atoms with E-state index in [2.05, 4.69) is 44.2 Å². The zero-order valence-corrected chi connectivity index (χ0v) is 15.9. The highest BCUT2D eigenvalue weighted by molar-refractivity contribution is 5.64. The summed E-state index contributed by atoms with van der Waals surface area (Å²) in [6, 6.07) is 12.8. The molecule has 0 N–H and O–H groups in total. The van der Waals surface area contributed by atoms with Crippen LogP contribution in [0.15, 0.2) is 36.4 Å². The lowest BCUT2D eigenvalue weighted by Crippen LogP contribution is -2.33. The number of pyridine rings is 1. The van der Waals surface area contributed by atoms with E-state index in [4.69, 9.17) is 19.2 Å². The predicted octanol–water partition coefficient (Wildman–Crippen LogP) is 4.45. The van der Waals surface area contributed by atoms with Crippen molar-refractivity contribution >= 4 is 0 Å². The monoisotopic (exact) mass is 355 g/mol. The van der Waals surface area contributed by atoms with Crippen molar-refractivity contribution in [2.24, 2.45) is 0 Å². The van der Waals surface area contributed by atoms with Crippen LogP contribution < -0.4 is 4.74 Å². The van der Waals surface area contributed by atoms with E-state index < -0.39 is 0 Å². The van der Waals surface area contributed by atoms with E-state index >= 15 is 0 Å². The second-order valence-corrected chi connectivity index (χ2v) is 6.69. The highest BCUT2D eigenvalue weighted by atomic mass is 16.6. The van der Waals surface area contributed by atoms with Crippen molar-refractivity contribution in [1.29, 1.82) is 0 Å². The van der Waals surface area contributed by atoms with Gasteiger partial charge >= 0.3 is 0 Å². The molecule has 1 fully saturated rings. The Morgan fingerprint density at radius 3 is 2.62 bits per heavy atom. The fourth-order valence-electron chi connectivity index (χ4n) is 3.11. The van der Waals surface area contributed by atoms with Gasteiger partial charge in [-0.25, -0.2) is 4.98 Å². The lowest BCUT2D eigenvalue weighted by molar-refractivity contribution is -0.102. The van der Waals surface area contributed by atoms with Gasteiger partial charge in [0.15, 0.2) is 0 Å². The van der Waals surface area contributed by atoms with Crippen molar-refractivity contribution < 1.29 is 14.2 Å². The van der Waals surface area contributed by atoms with Gasteiger partial charge in [0.05, 0.1) is 25.5 Å². The molecule has 0 bridgehead atoms. The molecule has 0 radical (unpaired) electrons. The number of benzene rings is 1. The van der Waals surface area contributed by atoms with Crippen LogP contribution in [0.2, 0.25) is 0 Å². The van der Waals surface area contributed by atoms with Crippen LogP contribution in [0, 0.1) is 0 Å². The Bertz CT molecular complexity index is 678. The molecule has 3 rings (SSSR count). The standard InChI is InChI=1S/C22H29NO3/c1-3-5-6-17-7-9-19(10-8-17)22-18(4-2)11-12-21(23-22)26-16-20-15-24-13-14-25-20/h7-12,20H,3-6,13-16H2,1-2H3/t20-/m0/s1. The molecule has 2 aromatic rings. The molecular weight excluding hydrogens is 326 g/mol. The van der Waals surface area contributed by atoms with E-state index in [-0.39, 0.29) is 6.10 Å². The number of aryl methyl sites for hydroxylation is 2. The van der Waals surface area contributed by atoms with Gasteiger partial charge in [-0.05, 0) is 30.4 Å². The summed E-state index contributed by atoms with van der Waals surface area (Å²) in [6.45, 7) is 6.73. The fraction of sp³-hybridized carbons (Fsp3) is 0.500. The van der Waals surface area contributed by atoms with Crippen molar-refractivity contribution in [3.05, 3.63) is 47.5 Å². The van der Waals surface area contributed by atoms with Gasteiger partial charge in [-0.1, -0.05) is 50.6 Å². The summed E-state index contributed by atoms with van der Waals surface area (Å²) < 4.78 is 16.9. The summed E-state index contributed by atoms with van der Waals surface area (Å²) in [6.07, 6.45) is 4.52. The highest BCUT2D eigenvalue weighted by Gasteiger charge is 2.16. The Morgan fingerprint density at radius 2 is 1.92 bits per heavy atom. The minimum Gasteiger partial charge on any atom is -0.475 e. The van der Waals surface area contributed by atoms with Gasteiger partial charge in [0.25, 0.3) is 0 Å². The first kappa shape index (κ1) is 18.9. The van der Waals surface area contributed by atoms with Crippen LogP contribution >= 0.6 is 0 Å². The van der Waals surface area contributed by atoms with E-state index in [1.54, 1.807) is 0 Å². The van der Waals surface area contributed by atoms with Gasteiger partial charge < -0.3 is 14.2 Å². The number of nitrogens with zero attached hydrogens (tertiary/aromatic N) is 1. The van der Waals surface area contributed by atoms with Crippen LogP contribution in [0.3, 0.4) is 0 Å². The molecule has 0 spiro atoms. The maximum atomic E-state index is 5.87. The third-order valence-corrected chi connectivity index (χ3v) is 4.68. The van der Waals surface area contributed by atoms with E-state index in [9.17, 15) is 0 Å². The molecule has 1 aromatic heterocycles. The molecule has 0 saturated carbocycles. The van der Waals surface area contributed by atoms with Crippen molar-refractivity contribution in [3.8, 4) is 17.1 Å². The second kappa shape index (κ2) is 9.70. The minimum absolute atomic E-state index is 0.0160. The average molecular weight is 355 g/mol. The van der Waals surface area contributed by atoms with E-state index in [0.717, 1.165) is 24.1 Å². The molecule has 1 saturated heterocycles. The van der Waals surface area contributed by atoms with Crippen LogP contribution in [0.25, 0.3) is 11.3 Å². The number of hydrogen-bond donors (Lipinski definition) is 0. The Hall–Kier alpha value is -1.91. The predicted molar refractivity (Wildman–Crippen MR) is 104 cm³/mol. The molecule has 1 aliphatic heterocycles. The van der Waals surface area contributed by atoms with Crippen molar-refractivity contribution in [2.75, 3.05) is 26.4 Å². The molecule has 1 aliphatic rings. The fourth-order valence-corrected chi connectivity index (χ4v) is 3.11. The number of unbranched alkanes of at least 4 members (excludes halogenated alkanes) is 1. The summed E-state index contributed by atoms with van der Waals surface area (Å²) in [5.74, 6) is 0.640. The van der Waals surface area contributed by atoms with Crippen LogP contribution in [0.4, 0.5) is 0 Å². The van der Waals surface area contributed by atoms with Gasteiger partial charge in [-0.15, -0.1) is 0 Å². The minimum atomic E-state index is -0.0160. The number of hydrogen-bond acceptors (Lipinski definition) is 4. The SMILES string of the molecule is CCCCc1ccc(-c2nc(OC[C@@H]3COCCO3)ccc2CC)cc1. The van der Waals surface area contributed by atoms with Gasteiger partial charge in [0.2, 0.25) is 5.88 Å². The first-order chi connectivity index (χ1) is 12.8. The second-order valence-electron chi connectivity index (χ2n) is 6.69. The average Bonchev–Trinajstić information content (AvgIpc) is 2.71. The molecule has 2 heterocycles. The van der Waals surface area contributed by atoms with E-state index in [1.165, 1.54) is 24.0 Å². The third kappa shape index (κ3) is 5.05. The quantitative estimate of drug-likeness (QED) is 0.701. The molecule has 4 nitrogen and oxygen atoms in total. The van der Waals surface area contributed by atoms with E-state index in [0.29, 0.717) is 32.3 Å². The summed E-state index contributed by atoms with van der Waals surface area (Å²) in [5, 5.41) is 0. The third-order valence-electron chi connectivity index (χ3n) is 4.68. The Labute approximate surface area is 156 Å². The summed E-state index contributed by atoms with van der Waals surface area (Å²) in [7, 11) is 0. The molecule has 0 aliphatic carbocycles. The van der Waals surface area contributed by atoms with Crippen molar-refractivity contribution in [2.45, 2.75) is 45.6 Å². The molecule has 4 heteroatoms. The summed E-state index contributed by atoms with van der Waals surface area (Å²) >= 11 is 0. The number of rotatable bonds is 8. The molecule has 0 amide bonds. The van der Waals surface area contributed by atoms with Crippen LogP contribution in [-0.2, 0) is 22.3 Å². The Morgan fingerprint density at radius 1 is 1.08 bits per heavy atom. The summed E-state index contributed by atoms with van der Waals surface area (Å²) in [4.78, 5) is 4.77. The smallest absolute Gasteiger partial charge is 0.213 e. The first-order valence-corrected chi connectivity index (χ1v) is 9.71. The van der Waals surface area contributed by atoms with Gasteiger partial charge in [-0.2, -0.15) is 0 Å². The van der Waals surface area contributed by atoms with E-state index in [1.807, 2.05) is 6.07 Å². The maximum absolute atomic E-state index is 5.87. The van der Waals surface area contributed by atoms with Crippen LogP contribution in [0.1, 0.15) is 37.8 Å². The van der Waals surface area contributed by atoms with Crippen LogP contribution in [-0.4, -0.2) is 37.5 Å². The lowest BCUT2D eigenvalue weighted by Gasteiger charge is -2.22. The van der Waals surface area contributed by atoms with Gasteiger partial charge in [0, 0.05) is 11.6 Å². The largest absolute Gasteiger partial charge is 0.475 e. The highest BCUT2D eigenvalue weighted by Crippen LogP contribution is 2.26. The molecule has 26 heavy (non-hydrogen) atoms. The lowest BCUT2D eigenvalue weighted by atomic mass is 10.0. The molecular formula is C22H29NO3. The zero-order chi connectivity index (χ0) is 18.2. The van der Waals surface area contributed by atoms with Gasteiger partial charge in [0.1, 0.15) is 12.7 Å². The topological polar surface area (TPSA) is 40.6 Å². The number of ether oxygens (including phenoxy) is 3. The van der Waals surface area contributed by atoms with Crippen molar-refractivity contribution in [3.63, 3.8) is 0 Å². The number of aromatic nitrogens is 1. The molecule has 140 valence electrons. The normalized spacial score (nSPS) is 17.2. The Kier molecular flexibility index (Phi) is 7.04. The first-order valence-electron chi connectivity index (χ1n) is 9.71. The Balaban J connectivity index is 1.72. The maximum Gasteiger partial charge on any atom is 0.213 e. The molecule has 1 aromatic carbocycles. The summed E-state index contributed by atoms with van der Waals surface area (Å²) in [5.41, 5.74) is 4.77. The zero-order valence-electron chi connectivity index (χ0n) is 15.9. The van der Waals surface area contributed by atoms with Crippen molar-refractivity contribution in [1.82, 2.24) is 4.98 Å². The van der Waals surface area contributed by atoms with Gasteiger partial charge in [-0.3, -0.25) is 0 Å².